The topological polar surface area (TPSA) is 29.3 Å². The first-order valence-electron chi connectivity index (χ1n) is 5.72. The van der Waals surface area contributed by atoms with Crippen molar-refractivity contribution in [2.45, 2.75) is 18.6 Å². The fourth-order valence-electron chi connectivity index (χ4n) is 1.94. The van der Waals surface area contributed by atoms with Gasteiger partial charge in [0, 0.05) is 12.6 Å². The summed E-state index contributed by atoms with van der Waals surface area (Å²) in [6.45, 7) is 2.51. The molecule has 2 nitrogen and oxygen atoms in total. The highest BCUT2D eigenvalue weighted by Crippen LogP contribution is 2.36. The van der Waals surface area contributed by atoms with E-state index in [1.165, 1.54) is 6.07 Å². The Labute approximate surface area is 109 Å². The van der Waals surface area contributed by atoms with Crippen molar-refractivity contribution in [3.05, 3.63) is 34.3 Å². The molecule has 1 aromatic rings. The Hall–Kier alpha value is -0.780. The summed E-state index contributed by atoms with van der Waals surface area (Å²) in [5.41, 5.74) is 5.57. The number of halogens is 4. The molecule has 0 bridgehead atoms. The van der Waals surface area contributed by atoms with E-state index in [1.54, 1.807) is 6.07 Å². The van der Waals surface area contributed by atoms with Gasteiger partial charge in [0.1, 0.15) is 0 Å². The van der Waals surface area contributed by atoms with Crippen molar-refractivity contribution in [3.8, 4) is 0 Å². The van der Waals surface area contributed by atoms with E-state index in [-0.39, 0.29) is 5.02 Å². The quantitative estimate of drug-likeness (QED) is 0.921. The van der Waals surface area contributed by atoms with E-state index in [9.17, 15) is 13.2 Å². The summed E-state index contributed by atoms with van der Waals surface area (Å²) in [7, 11) is 0. The molecular formula is C12H14ClF3N2. The second-order valence-electron chi connectivity index (χ2n) is 4.50. The Morgan fingerprint density at radius 2 is 2.00 bits per heavy atom. The van der Waals surface area contributed by atoms with E-state index >= 15 is 0 Å². The molecule has 1 heterocycles. The third kappa shape index (κ3) is 2.96. The molecule has 1 saturated heterocycles. The van der Waals surface area contributed by atoms with Crippen molar-refractivity contribution >= 4 is 11.6 Å². The number of nitrogens with two attached hydrogens (primary N) is 1. The Kier molecular flexibility index (Phi) is 3.84. The largest absolute Gasteiger partial charge is 0.417 e. The Balaban J connectivity index is 2.17. The van der Waals surface area contributed by atoms with E-state index in [0.29, 0.717) is 12.1 Å². The molecule has 2 rings (SSSR count). The first-order valence-corrected chi connectivity index (χ1v) is 6.10. The van der Waals surface area contributed by atoms with Crippen molar-refractivity contribution in [1.29, 1.82) is 0 Å². The van der Waals surface area contributed by atoms with Gasteiger partial charge in [-0.05, 0) is 37.2 Å². The van der Waals surface area contributed by atoms with Gasteiger partial charge < -0.3 is 10.6 Å². The van der Waals surface area contributed by atoms with Crippen molar-refractivity contribution in [2.24, 2.45) is 5.73 Å². The van der Waals surface area contributed by atoms with Crippen LogP contribution in [0.15, 0.2) is 18.2 Å². The number of hydrogen-bond acceptors (Lipinski definition) is 2. The smallest absolute Gasteiger partial charge is 0.323 e. The third-order valence-corrected chi connectivity index (χ3v) is 3.46. The molecule has 1 aliphatic rings. The van der Waals surface area contributed by atoms with E-state index < -0.39 is 17.8 Å². The number of nitrogens with zero attached hydrogens (tertiary/aromatic N) is 1. The Bertz CT molecular complexity index is 430. The highest BCUT2D eigenvalue weighted by Gasteiger charge is 2.33. The summed E-state index contributed by atoms with van der Waals surface area (Å²) in [4.78, 5) is 2.12. The van der Waals surface area contributed by atoms with Gasteiger partial charge >= 0.3 is 6.18 Å². The highest BCUT2D eigenvalue weighted by molar-refractivity contribution is 6.31. The summed E-state index contributed by atoms with van der Waals surface area (Å²) >= 11 is 5.56. The molecule has 0 radical (unpaired) electrons. The maximum Gasteiger partial charge on any atom is 0.417 e. The van der Waals surface area contributed by atoms with Gasteiger partial charge in [0.2, 0.25) is 0 Å². The molecule has 0 spiro atoms. The van der Waals surface area contributed by atoms with Gasteiger partial charge in [-0.2, -0.15) is 13.2 Å². The van der Waals surface area contributed by atoms with Crippen LogP contribution in [0.25, 0.3) is 0 Å². The predicted molar refractivity (Wildman–Crippen MR) is 64.4 cm³/mol. The zero-order chi connectivity index (χ0) is 13.3. The lowest BCUT2D eigenvalue weighted by molar-refractivity contribution is -0.137. The van der Waals surface area contributed by atoms with Crippen LogP contribution in [0.3, 0.4) is 0 Å². The van der Waals surface area contributed by atoms with Crippen LogP contribution in [0.4, 0.5) is 13.2 Å². The lowest BCUT2D eigenvalue weighted by Gasteiger charge is -2.33. The van der Waals surface area contributed by atoms with Crippen molar-refractivity contribution in [1.82, 2.24) is 4.90 Å². The van der Waals surface area contributed by atoms with Crippen molar-refractivity contribution in [3.63, 3.8) is 0 Å². The SMILES string of the molecule is N[C@H](CN1CCC1)c1ccc(Cl)c(C(F)(F)F)c1. The standard InChI is InChI=1S/C12H14ClF3N2/c13-10-3-2-8(6-9(10)12(14,15)16)11(17)7-18-4-1-5-18/h2-3,6,11H,1,4-5,7,17H2/t11-/m1/s1. The molecule has 1 aromatic carbocycles. The molecule has 6 heteroatoms. The molecule has 1 atom stereocenters. The molecule has 1 aliphatic heterocycles. The van der Waals surface area contributed by atoms with Crippen LogP contribution in [0, 0.1) is 0 Å². The zero-order valence-electron chi connectivity index (χ0n) is 9.67. The van der Waals surface area contributed by atoms with Gasteiger partial charge in [-0.3, -0.25) is 0 Å². The monoisotopic (exact) mass is 278 g/mol. The van der Waals surface area contributed by atoms with Gasteiger partial charge in [0.25, 0.3) is 0 Å². The molecule has 0 aliphatic carbocycles. The minimum atomic E-state index is -4.44. The molecule has 0 amide bonds. The van der Waals surface area contributed by atoms with Crippen LogP contribution in [0.1, 0.15) is 23.6 Å². The lowest BCUT2D eigenvalue weighted by Crippen LogP contribution is -2.41. The maximum absolute atomic E-state index is 12.7. The second kappa shape index (κ2) is 5.07. The van der Waals surface area contributed by atoms with Gasteiger partial charge in [0.15, 0.2) is 0 Å². The van der Waals surface area contributed by atoms with Crippen LogP contribution >= 0.6 is 11.6 Å². The van der Waals surface area contributed by atoms with Crippen LogP contribution in [0.5, 0.6) is 0 Å². The van der Waals surface area contributed by atoms with E-state index in [2.05, 4.69) is 4.90 Å². The Morgan fingerprint density at radius 1 is 1.33 bits per heavy atom. The van der Waals surface area contributed by atoms with Gasteiger partial charge in [-0.1, -0.05) is 17.7 Å². The number of likely N-dealkylation sites (tertiary alicyclic amines) is 1. The number of alkyl halides is 3. The van der Waals surface area contributed by atoms with Crippen molar-refractivity contribution in [2.75, 3.05) is 19.6 Å². The van der Waals surface area contributed by atoms with E-state index in [0.717, 1.165) is 25.6 Å². The third-order valence-electron chi connectivity index (χ3n) is 3.13. The van der Waals surface area contributed by atoms with E-state index in [1.807, 2.05) is 0 Å². The molecule has 0 aromatic heterocycles. The Morgan fingerprint density at radius 3 is 2.50 bits per heavy atom. The highest BCUT2D eigenvalue weighted by atomic mass is 35.5. The molecule has 2 N–H and O–H groups in total. The van der Waals surface area contributed by atoms with Gasteiger partial charge in [-0.25, -0.2) is 0 Å². The van der Waals surface area contributed by atoms with Crippen LogP contribution in [-0.4, -0.2) is 24.5 Å². The summed E-state index contributed by atoms with van der Waals surface area (Å²) in [5.74, 6) is 0. The minimum absolute atomic E-state index is 0.289. The van der Waals surface area contributed by atoms with Crippen LogP contribution in [0.2, 0.25) is 5.02 Å². The molecule has 100 valence electrons. The fraction of sp³-hybridized carbons (Fsp3) is 0.500. The minimum Gasteiger partial charge on any atom is -0.323 e. The average molecular weight is 279 g/mol. The van der Waals surface area contributed by atoms with Crippen LogP contribution < -0.4 is 5.73 Å². The number of rotatable bonds is 3. The number of hydrogen-bond donors (Lipinski definition) is 1. The molecule has 0 unspecified atom stereocenters. The summed E-state index contributed by atoms with van der Waals surface area (Å²) in [5, 5.41) is -0.289. The first kappa shape index (κ1) is 13.6. The van der Waals surface area contributed by atoms with Crippen molar-refractivity contribution < 1.29 is 13.2 Å². The normalized spacial score (nSPS) is 18.5. The molecular weight excluding hydrogens is 265 g/mol. The van der Waals surface area contributed by atoms with Crippen LogP contribution in [-0.2, 0) is 6.18 Å². The van der Waals surface area contributed by atoms with E-state index in [4.69, 9.17) is 17.3 Å². The fourth-order valence-corrected chi connectivity index (χ4v) is 2.16. The number of benzene rings is 1. The van der Waals surface area contributed by atoms with Gasteiger partial charge in [-0.15, -0.1) is 0 Å². The summed E-state index contributed by atoms with van der Waals surface area (Å²) in [6.07, 6.45) is -3.31. The predicted octanol–water partition coefficient (Wildman–Crippen LogP) is 3.06. The zero-order valence-corrected chi connectivity index (χ0v) is 10.4. The summed E-state index contributed by atoms with van der Waals surface area (Å²) < 4.78 is 38.1. The molecule has 18 heavy (non-hydrogen) atoms. The summed E-state index contributed by atoms with van der Waals surface area (Å²) in [6, 6.07) is 3.45. The average Bonchev–Trinajstić information content (AvgIpc) is 2.22. The second-order valence-corrected chi connectivity index (χ2v) is 4.90. The molecule has 0 saturated carbocycles. The van der Waals surface area contributed by atoms with Gasteiger partial charge in [0.05, 0.1) is 10.6 Å². The maximum atomic E-state index is 12.7. The molecule has 1 fully saturated rings. The lowest BCUT2D eigenvalue weighted by atomic mass is 10.0. The first-order chi connectivity index (χ1) is 8.38.